The van der Waals surface area contributed by atoms with E-state index in [0.717, 1.165) is 22.3 Å². The van der Waals surface area contributed by atoms with Gasteiger partial charge >= 0.3 is 5.97 Å². The summed E-state index contributed by atoms with van der Waals surface area (Å²) in [5.74, 6) is -1.19. The predicted octanol–water partition coefficient (Wildman–Crippen LogP) is 1.83. The molecule has 2 aromatic carbocycles. The molecule has 4 rings (SSSR count). The molecule has 1 fully saturated rings. The van der Waals surface area contributed by atoms with Crippen LogP contribution in [0.1, 0.15) is 34.3 Å². The maximum absolute atomic E-state index is 12.8. The number of amides is 3. The fraction of sp³-hybridized carbons (Fsp3) is 0.273. The number of methoxy groups -OCH3 is 1. The second-order valence-corrected chi connectivity index (χ2v) is 7.22. The molecule has 29 heavy (non-hydrogen) atoms. The summed E-state index contributed by atoms with van der Waals surface area (Å²) in [5, 5.41) is 2.31. The van der Waals surface area contributed by atoms with Gasteiger partial charge in [-0.05, 0) is 40.8 Å². The molecular formula is C22H20N2O5. The monoisotopic (exact) mass is 392 g/mol. The molecule has 148 valence electrons. The molecule has 0 aliphatic carbocycles. The van der Waals surface area contributed by atoms with E-state index in [9.17, 15) is 19.2 Å². The van der Waals surface area contributed by atoms with Crippen LogP contribution in [0.3, 0.4) is 0 Å². The van der Waals surface area contributed by atoms with Gasteiger partial charge in [-0.2, -0.15) is 0 Å². The van der Waals surface area contributed by atoms with Gasteiger partial charge in [0.2, 0.25) is 11.8 Å². The quantitative estimate of drug-likeness (QED) is 0.633. The van der Waals surface area contributed by atoms with E-state index in [1.807, 2.05) is 36.4 Å². The number of imide groups is 1. The Morgan fingerprint density at radius 2 is 1.83 bits per heavy atom. The van der Waals surface area contributed by atoms with Gasteiger partial charge in [-0.25, -0.2) is 0 Å². The van der Waals surface area contributed by atoms with Gasteiger partial charge < -0.3 is 9.64 Å². The Balaban J connectivity index is 1.54. The Labute approximate surface area is 167 Å². The number of hydrogen-bond donors (Lipinski definition) is 1. The number of carbonyl (C=O) groups is 4. The highest BCUT2D eigenvalue weighted by molar-refractivity contribution is 6.05. The number of fused-ring (bicyclic) bond motifs is 1. The standard InChI is InChI=1S/C22H20N2O5/c1-29-20(26)10-13-2-4-14(5-3-13)15-6-7-17-16(11-15)12-24(22(17)28)18-8-9-19(25)23-21(18)27/h2-7,11,18H,8-10,12H2,1H3,(H,23,25,27). The van der Waals surface area contributed by atoms with Crippen LogP contribution in [0.4, 0.5) is 0 Å². The zero-order valence-electron chi connectivity index (χ0n) is 15.9. The van der Waals surface area contributed by atoms with E-state index in [1.54, 1.807) is 6.07 Å². The Kier molecular flexibility index (Phi) is 4.88. The number of esters is 1. The van der Waals surface area contributed by atoms with Gasteiger partial charge in [0.05, 0.1) is 13.5 Å². The molecule has 0 saturated carbocycles. The summed E-state index contributed by atoms with van der Waals surface area (Å²) in [5.41, 5.74) is 4.22. The molecule has 3 amide bonds. The van der Waals surface area contributed by atoms with Crippen LogP contribution in [-0.4, -0.2) is 41.7 Å². The lowest BCUT2D eigenvalue weighted by Gasteiger charge is -2.29. The predicted molar refractivity (Wildman–Crippen MR) is 104 cm³/mol. The van der Waals surface area contributed by atoms with Crippen LogP contribution >= 0.6 is 0 Å². The summed E-state index contributed by atoms with van der Waals surface area (Å²) < 4.78 is 4.68. The van der Waals surface area contributed by atoms with Crippen molar-refractivity contribution in [3.63, 3.8) is 0 Å². The first-order valence-corrected chi connectivity index (χ1v) is 9.40. The first-order valence-electron chi connectivity index (χ1n) is 9.40. The number of nitrogens with one attached hydrogen (secondary N) is 1. The maximum atomic E-state index is 12.8. The lowest BCUT2D eigenvalue weighted by Crippen LogP contribution is -2.52. The molecule has 0 radical (unpaired) electrons. The Hall–Kier alpha value is -3.48. The van der Waals surface area contributed by atoms with Crippen LogP contribution in [0.25, 0.3) is 11.1 Å². The molecule has 1 unspecified atom stereocenters. The number of benzene rings is 2. The van der Waals surface area contributed by atoms with Crippen molar-refractivity contribution in [1.82, 2.24) is 10.2 Å². The molecule has 0 spiro atoms. The first-order chi connectivity index (χ1) is 14.0. The highest BCUT2D eigenvalue weighted by Crippen LogP contribution is 2.31. The molecule has 1 atom stereocenters. The second kappa shape index (κ2) is 7.50. The molecule has 2 heterocycles. The smallest absolute Gasteiger partial charge is 0.309 e. The highest BCUT2D eigenvalue weighted by atomic mass is 16.5. The van der Waals surface area contributed by atoms with Crippen molar-refractivity contribution in [2.75, 3.05) is 7.11 Å². The van der Waals surface area contributed by atoms with Crippen LogP contribution in [0, 0.1) is 0 Å². The SMILES string of the molecule is COC(=O)Cc1ccc(-c2ccc3c(c2)CN(C2CCC(=O)NC2=O)C3=O)cc1. The number of hydrogen-bond acceptors (Lipinski definition) is 5. The van der Waals surface area contributed by atoms with Crippen LogP contribution in [-0.2, 0) is 32.1 Å². The minimum absolute atomic E-state index is 0.186. The van der Waals surface area contributed by atoms with Gasteiger partial charge in [-0.1, -0.05) is 30.3 Å². The number of nitrogens with zero attached hydrogens (tertiary/aromatic N) is 1. The van der Waals surface area contributed by atoms with E-state index in [2.05, 4.69) is 10.1 Å². The molecular weight excluding hydrogens is 372 g/mol. The fourth-order valence-corrected chi connectivity index (χ4v) is 3.81. The van der Waals surface area contributed by atoms with Crippen molar-refractivity contribution in [1.29, 1.82) is 0 Å². The Bertz CT molecular complexity index is 1010. The third-order valence-electron chi connectivity index (χ3n) is 5.39. The third-order valence-corrected chi connectivity index (χ3v) is 5.39. The van der Waals surface area contributed by atoms with Gasteiger partial charge in [0.25, 0.3) is 5.91 Å². The zero-order valence-corrected chi connectivity index (χ0v) is 15.9. The second-order valence-electron chi connectivity index (χ2n) is 7.22. The summed E-state index contributed by atoms with van der Waals surface area (Å²) in [6.07, 6.45) is 0.801. The molecule has 1 saturated heterocycles. The van der Waals surface area contributed by atoms with Gasteiger partial charge in [-0.3, -0.25) is 24.5 Å². The van der Waals surface area contributed by atoms with Gasteiger partial charge in [0, 0.05) is 18.5 Å². The highest BCUT2D eigenvalue weighted by Gasteiger charge is 2.39. The van der Waals surface area contributed by atoms with Crippen molar-refractivity contribution in [3.8, 4) is 11.1 Å². The molecule has 7 heteroatoms. The Morgan fingerprint density at radius 3 is 2.52 bits per heavy atom. The van der Waals surface area contributed by atoms with Gasteiger partial charge in [-0.15, -0.1) is 0 Å². The molecule has 0 bridgehead atoms. The molecule has 2 aliphatic heterocycles. The van der Waals surface area contributed by atoms with E-state index in [-0.39, 0.29) is 30.6 Å². The van der Waals surface area contributed by atoms with Crippen LogP contribution in [0.2, 0.25) is 0 Å². The third kappa shape index (κ3) is 3.63. The maximum Gasteiger partial charge on any atom is 0.309 e. The average molecular weight is 392 g/mol. The number of piperidine rings is 1. The van der Waals surface area contributed by atoms with Crippen LogP contribution in [0.15, 0.2) is 42.5 Å². The Morgan fingerprint density at radius 1 is 1.10 bits per heavy atom. The van der Waals surface area contributed by atoms with Gasteiger partial charge in [0.1, 0.15) is 6.04 Å². The molecule has 1 N–H and O–H groups in total. The summed E-state index contributed by atoms with van der Waals surface area (Å²) in [4.78, 5) is 49.2. The minimum atomic E-state index is -0.617. The number of carbonyl (C=O) groups excluding carboxylic acids is 4. The summed E-state index contributed by atoms with van der Waals surface area (Å²) in [6, 6.07) is 12.6. The molecule has 2 aliphatic rings. The molecule has 0 aromatic heterocycles. The summed E-state index contributed by atoms with van der Waals surface area (Å²) in [6.45, 7) is 0.342. The van der Waals surface area contributed by atoms with Crippen LogP contribution in [0.5, 0.6) is 0 Å². The largest absolute Gasteiger partial charge is 0.469 e. The van der Waals surface area contributed by atoms with Gasteiger partial charge in [0.15, 0.2) is 0 Å². The number of rotatable bonds is 4. The van der Waals surface area contributed by atoms with Crippen molar-refractivity contribution >= 4 is 23.7 Å². The number of ether oxygens (including phenoxy) is 1. The topological polar surface area (TPSA) is 92.8 Å². The van der Waals surface area contributed by atoms with E-state index in [0.29, 0.717) is 18.5 Å². The van der Waals surface area contributed by atoms with E-state index < -0.39 is 11.9 Å². The lowest BCUT2D eigenvalue weighted by molar-refractivity contribution is -0.140. The summed E-state index contributed by atoms with van der Waals surface area (Å²) >= 11 is 0. The lowest BCUT2D eigenvalue weighted by atomic mass is 9.99. The fourth-order valence-electron chi connectivity index (χ4n) is 3.81. The average Bonchev–Trinajstić information content (AvgIpc) is 3.04. The molecule has 7 nitrogen and oxygen atoms in total. The van der Waals surface area contributed by atoms with Crippen LogP contribution < -0.4 is 5.32 Å². The van der Waals surface area contributed by atoms with Crippen molar-refractivity contribution in [2.45, 2.75) is 31.8 Å². The van der Waals surface area contributed by atoms with Crippen molar-refractivity contribution < 1.29 is 23.9 Å². The normalized spacial score (nSPS) is 18.4. The van der Waals surface area contributed by atoms with Crippen molar-refractivity contribution in [3.05, 3.63) is 59.2 Å². The first kappa shape index (κ1) is 18.9. The zero-order chi connectivity index (χ0) is 20.5. The van der Waals surface area contributed by atoms with E-state index in [4.69, 9.17) is 0 Å². The molecule has 2 aromatic rings. The minimum Gasteiger partial charge on any atom is -0.469 e. The van der Waals surface area contributed by atoms with Crippen molar-refractivity contribution in [2.24, 2.45) is 0 Å². The van der Waals surface area contributed by atoms with E-state index >= 15 is 0 Å². The van der Waals surface area contributed by atoms with E-state index in [1.165, 1.54) is 12.0 Å². The summed E-state index contributed by atoms with van der Waals surface area (Å²) in [7, 11) is 1.36.